The van der Waals surface area contributed by atoms with Crippen LogP contribution in [0.2, 0.25) is 0 Å². The number of carbonyl (C=O) groups is 3. The summed E-state index contributed by atoms with van der Waals surface area (Å²) < 4.78 is 10.6. The number of rotatable bonds is 11. The highest BCUT2D eigenvalue weighted by Gasteiger charge is 2.16. The predicted octanol–water partition coefficient (Wildman–Crippen LogP) is 4.20. The summed E-state index contributed by atoms with van der Waals surface area (Å²) in [5, 5.41) is 46.9. The number of nitrogens with one attached hydrogen (secondary N) is 1. The number of aliphatic carboxylic acids is 1. The number of carbonyl (C=O) groups excluding carboxylic acids is 1. The Kier molecular flexibility index (Phi) is 12.2. The summed E-state index contributed by atoms with van der Waals surface area (Å²) >= 11 is 0. The van der Waals surface area contributed by atoms with Crippen LogP contribution in [-0.2, 0) is 11.4 Å². The van der Waals surface area contributed by atoms with E-state index in [2.05, 4.69) is 5.32 Å². The number of aliphatic hydroxyl groups is 1. The number of carboxylic acid groups (broad SMARTS) is 2. The van der Waals surface area contributed by atoms with E-state index in [1.807, 2.05) is 12.1 Å². The van der Waals surface area contributed by atoms with Crippen LogP contribution in [0.25, 0.3) is 0 Å². The van der Waals surface area contributed by atoms with Gasteiger partial charge in [0.2, 0.25) is 0 Å². The number of nitriles is 2. The second kappa shape index (κ2) is 15.8. The Bertz CT molecular complexity index is 1440. The number of aliphatic hydroxyl groups excluding tert-OH is 1. The smallest absolute Gasteiger partial charge is 0.336 e. The maximum Gasteiger partial charge on any atom is 0.336 e. The average Bonchev–Trinajstić information content (AvgIpc) is 2.96. The molecule has 0 aromatic heterocycles. The van der Waals surface area contributed by atoms with Crippen molar-refractivity contribution in [2.45, 2.75) is 25.9 Å². The maximum atomic E-state index is 12.2. The number of carboxylic acids is 2. The van der Waals surface area contributed by atoms with Crippen molar-refractivity contribution in [1.82, 2.24) is 0 Å². The summed E-state index contributed by atoms with van der Waals surface area (Å²) in [6.07, 6.45) is 1.45. The van der Waals surface area contributed by atoms with Crippen molar-refractivity contribution in [3.63, 3.8) is 0 Å². The van der Waals surface area contributed by atoms with E-state index in [-0.39, 0.29) is 35.3 Å². The van der Waals surface area contributed by atoms with Crippen molar-refractivity contribution >= 4 is 23.5 Å². The third-order valence-electron chi connectivity index (χ3n) is 5.40. The van der Waals surface area contributed by atoms with E-state index in [0.717, 1.165) is 0 Å². The van der Waals surface area contributed by atoms with Crippen molar-refractivity contribution < 1.29 is 39.2 Å². The van der Waals surface area contributed by atoms with Crippen molar-refractivity contribution in [3.8, 4) is 23.6 Å². The molecule has 0 atom stereocenters. The molecule has 0 aliphatic carbocycles. The van der Waals surface area contributed by atoms with Gasteiger partial charge in [0, 0.05) is 23.7 Å². The Balaban J connectivity index is 0.000000286. The van der Waals surface area contributed by atoms with Gasteiger partial charge in [0.1, 0.15) is 23.6 Å². The lowest BCUT2D eigenvalue weighted by molar-refractivity contribution is -0.137. The summed E-state index contributed by atoms with van der Waals surface area (Å²) in [5.41, 5.74) is 1.24. The minimum Gasteiger partial charge on any atom is -0.496 e. The van der Waals surface area contributed by atoms with E-state index >= 15 is 0 Å². The number of unbranched alkanes of at least 4 members (excludes halogenated alkanes) is 1. The maximum absolute atomic E-state index is 12.2. The lowest BCUT2D eigenvalue weighted by Crippen LogP contribution is -2.16. The van der Waals surface area contributed by atoms with Gasteiger partial charge in [-0.2, -0.15) is 10.5 Å². The lowest BCUT2D eigenvalue weighted by atomic mass is 10.1. The Labute approximate surface area is 230 Å². The van der Waals surface area contributed by atoms with Gasteiger partial charge in [-0.1, -0.05) is 12.1 Å². The van der Waals surface area contributed by atoms with Gasteiger partial charge >= 0.3 is 11.9 Å². The third kappa shape index (κ3) is 9.17. The molecule has 0 aliphatic heterocycles. The number of anilines is 1. The topological polar surface area (TPSA) is 190 Å². The van der Waals surface area contributed by atoms with Gasteiger partial charge < -0.3 is 30.1 Å². The summed E-state index contributed by atoms with van der Waals surface area (Å²) in [5.74, 6) is -1.36. The molecule has 206 valence electrons. The first-order valence-corrected chi connectivity index (χ1v) is 11.9. The van der Waals surface area contributed by atoms with Gasteiger partial charge in [0.05, 0.1) is 42.6 Å². The number of methoxy groups -OCH3 is 1. The molecule has 0 saturated heterocycles. The molecule has 1 amide bonds. The number of amides is 1. The molecular weight excluding hydrogens is 518 g/mol. The summed E-state index contributed by atoms with van der Waals surface area (Å²) in [4.78, 5) is 33.6. The highest BCUT2D eigenvalue weighted by atomic mass is 16.5. The van der Waals surface area contributed by atoms with Crippen LogP contribution in [0, 0.1) is 22.7 Å². The standard InChI is InChI=1S/C16H9N3O3.C13H18O5/c17-8-10-5-6-12(7-11(10)9-18)19-15(20)13-3-1-2-4-14(13)16(21)22;1-17-12-8-11(6-5-10(12)9-14)18-7-3-2-4-13(15)16/h1-7H,(H,19,20)(H,21,22);5-6,8,14H,2-4,7,9H2,1H3,(H,15,16). The Morgan fingerprint density at radius 3 is 2.20 bits per heavy atom. The molecule has 0 heterocycles. The number of nitrogens with zero attached hydrogens (tertiary/aromatic N) is 2. The second-order valence-electron chi connectivity index (χ2n) is 8.12. The van der Waals surface area contributed by atoms with Gasteiger partial charge in [0.15, 0.2) is 0 Å². The monoisotopic (exact) mass is 545 g/mol. The SMILES string of the molecule is COc1cc(OCCCCC(=O)O)ccc1CO.N#Cc1ccc(NC(=O)c2ccccc2C(=O)O)cc1C#N. The number of aromatic carboxylic acids is 1. The highest BCUT2D eigenvalue weighted by molar-refractivity contribution is 6.10. The molecule has 3 aromatic rings. The first-order chi connectivity index (χ1) is 19.2. The molecule has 0 saturated carbocycles. The van der Waals surface area contributed by atoms with Crippen molar-refractivity contribution in [1.29, 1.82) is 10.5 Å². The Morgan fingerprint density at radius 1 is 0.900 bits per heavy atom. The van der Waals surface area contributed by atoms with E-state index in [4.69, 9.17) is 35.3 Å². The molecule has 0 radical (unpaired) electrons. The number of hydrogen-bond acceptors (Lipinski definition) is 8. The van der Waals surface area contributed by atoms with Crippen LogP contribution in [0.5, 0.6) is 11.5 Å². The molecular formula is C29H27N3O8. The van der Waals surface area contributed by atoms with Crippen molar-refractivity contribution in [3.05, 3.63) is 88.5 Å². The van der Waals surface area contributed by atoms with Crippen LogP contribution >= 0.6 is 0 Å². The average molecular weight is 546 g/mol. The number of ether oxygens (including phenoxy) is 2. The largest absolute Gasteiger partial charge is 0.496 e. The van der Waals surface area contributed by atoms with Gasteiger partial charge in [-0.3, -0.25) is 9.59 Å². The van der Waals surface area contributed by atoms with Gasteiger partial charge in [-0.15, -0.1) is 0 Å². The van der Waals surface area contributed by atoms with Gasteiger partial charge in [0.25, 0.3) is 5.91 Å². The molecule has 3 rings (SSSR count). The molecule has 40 heavy (non-hydrogen) atoms. The van der Waals surface area contributed by atoms with Crippen LogP contribution in [0.1, 0.15) is 56.7 Å². The third-order valence-corrected chi connectivity index (χ3v) is 5.40. The van der Waals surface area contributed by atoms with E-state index in [9.17, 15) is 14.4 Å². The first kappa shape index (κ1) is 30.8. The van der Waals surface area contributed by atoms with Crippen LogP contribution < -0.4 is 14.8 Å². The molecule has 0 aliphatic rings. The first-order valence-electron chi connectivity index (χ1n) is 11.9. The Morgan fingerprint density at radius 2 is 1.60 bits per heavy atom. The predicted molar refractivity (Wildman–Crippen MR) is 143 cm³/mol. The zero-order chi connectivity index (χ0) is 29.5. The molecule has 0 unspecified atom stereocenters. The summed E-state index contributed by atoms with van der Waals surface area (Å²) in [6, 6.07) is 19.0. The van der Waals surface area contributed by atoms with Crippen LogP contribution in [0.3, 0.4) is 0 Å². The fraction of sp³-hybridized carbons (Fsp3) is 0.207. The number of benzene rings is 3. The molecule has 0 spiro atoms. The van der Waals surface area contributed by atoms with Crippen molar-refractivity contribution in [2.75, 3.05) is 19.0 Å². The molecule has 4 N–H and O–H groups in total. The molecule has 3 aromatic carbocycles. The Hall–Kier alpha value is -5.39. The molecule has 0 fully saturated rings. The van der Waals surface area contributed by atoms with Crippen LogP contribution in [0.15, 0.2) is 60.7 Å². The van der Waals surface area contributed by atoms with E-state index in [1.54, 1.807) is 24.3 Å². The normalized spacial score (nSPS) is 9.70. The second-order valence-corrected chi connectivity index (χ2v) is 8.12. The van der Waals surface area contributed by atoms with E-state index < -0.39 is 17.8 Å². The fourth-order valence-electron chi connectivity index (χ4n) is 3.39. The van der Waals surface area contributed by atoms with Crippen LogP contribution in [-0.4, -0.2) is 46.9 Å². The van der Waals surface area contributed by atoms with Gasteiger partial charge in [-0.25, -0.2) is 4.79 Å². The summed E-state index contributed by atoms with van der Waals surface area (Å²) in [6.45, 7) is 0.386. The molecule has 11 nitrogen and oxygen atoms in total. The van der Waals surface area contributed by atoms with E-state index in [1.165, 1.54) is 43.5 Å². The quantitative estimate of drug-likeness (QED) is 0.254. The van der Waals surface area contributed by atoms with Crippen LogP contribution in [0.4, 0.5) is 5.69 Å². The lowest BCUT2D eigenvalue weighted by Gasteiger charge is -2.10. The fourth-order valence-corrected chi connectivity index (χ4v) is 3.39. The number of hydrogen-bond donors (Lipinski definition) is 4. The highest BCUT2D eigenvalue weighted by Crippen LogP contribution is 2.25. The molecule has 11 heteroatoms. The minimum absolute atomic E-state index is 0.0119. The molecule has 0 bridgehead atoms. The van der Waals surface area contributed by atoms with Gasteiger partial charge in [-0.05, 0) is 55.3 Å². The van der Waals surface area contributed by atoms with Crippen molar-refractivity contribution in [2.24, 2.45) is 0 Å². The zero-order valence-corrected chi connectivity index (χ0v) is 21.6. The van der Waals surface area contributed by atoms with E-state index in [0.29, 0.717) is 42.2 Å². The minimum atomic E-state index is -1.21. The zero-order valence-electron chi connectivity index (χ0n) is 21.6. The summed E-state index contributed by atoms with van der Waals surface area (Å²) in [7, 11) is 1.53.